The first-order valence-corrected chi connectivity index (χ1v) is 1.38. The van der Waals surface area contributed by atoms with Crippen molar-refractivity contribution in [2.24, 2.45) is 0 Å². The van der Waals surface area contributed by atoms with E-state index in [1.54, 1.807) is 0 Å². The number of carbonyl (C=O) groups is 1. The largest absolute Gasteiger partial charge is 0.505 e. The van der Waals surface area contributed by atoms with Gasteiger partial charge in [-0.15, -0.1) is 13.2 Å². The van der Waals surface area contributed by atoms with Crippen molar-refractivity contribution in [3.05, 3.63) is 0 Å². The highest BCUT2D eigenvalue weighted by Gasteiger charge is 2.25. The van der Waals surface area contributed by atoms with Crippen molar-refractivity contribution in [2.75, 3.05) is 0 Å². The van der Waals surface area contributed by atoms with E-state index < -0.39 is 12.5 Å². The summed E-state index contributed by atoms with van der Waals surface area (Å²) in [7, 11) is 0. The number of rotatable bonds is 0. The minimum absolute atomic E-state index is 2.24. The van der Waals surface area contributed by atoms with Gasteiger partial charge in [-0.1, -0.05) is 0 Å². The van der Waals surface area contributed by atoms with E-state index in [0.717, 1.165) is 0 Å². The number of ether oxygens (including phenoxy) is 1. The molecule has 8 heavy (non-hydrogen) atoms. The molecule has 0 spiro atoms. The van der Waals surface area contributed by atoms with E-state index in [-0.39, 0.29) is 0 Å². The molecule has 0 aromatic heterocycles. The van der Waals surface area contributed by atoms with Crippen LogP contribution >= 0.6 is 0 Å². The molecule has 0 aromatic carbocycles. The summed E-state index contributed by atoms with van der Waals surface area (Å²) in [6, 6.07) is 0. The molecule has 0 unspecified atom stereocenters. The summed E-state index contributed by atoms with van der Waals surface area (Å²) >= 11 is 0. The van der Waals surface area contributed by atoms with Crippen molar-refractivity contribution in [1.29, 1.82) is 0 Å². The topological polar surface area (TPSA) is 49.4 Å². The zero-order valence-electron chi connectivity index (χ0n) is 3.36. The van der Waals surface area contributed by atoms with E-state index in [4.69, 9.17) is 9.90 Å². The predicted molar refractivity (Wildman–Crippen MR) is 12.5 cm³/mol. The fourth-order valence-corrected chi connectivity index (χ4v) is 0.0945. The highest BCUT2D eigenvalue weighted by molar-refractivity contribution is 5.54. The Hall–Kier alpha value is -0.940. The van der Waals surface area contributed by atoms with Crippen LogP contribution in [0, 0.1) is 0 Å². The molecule has 0 amide bonds. The number of hydrogen-bond acceptors (Lipinski definition) is 3. The molecule has 3 nitrogen and oxygen atoms in total. The van der Waals surface area contributed by atoms with E-state index in [1.807, 2.05) is 0 Å². The third-order valence-electron chi connectivity index (χ3n) is 0.199. The maximum atomic E-state index is 10.7. The van der Waals surface area contributed by atoms with Gasteiger partial charge in [0.05, 0.1) is 0 Å². The quantitative estimate of drug-likeness (QED) is 0.428. The Balaban J connectivity index is 3.55. The molecular weight excluding hydrogens is 129 g/mol. The van der Waals surface area contributed by atoms with Gasteiger partial charge in [0.15, 0.2) is 0 Å². The van der Waals surface area contributed by atoms with Crippen LogP contribution in [0.2, 0.25) is 0 Å². The second-order valence-corrected chi connectivity index (χ2v) is 0.798. The fourth-order valence-electron chi connectivity index (χ4n) is 0.0945. The number of alkyl halides is 3. The average molecular weight is 129 g/mol. The summed E-state index contributed by atoms with van der Waals surface area (Å²) in [5.41, 5.74) is 0. The maximum Gasteiger partial charge on any atom is 0.505 e. The normalized spacial score (nSPS) is 10.9. The minimum Gasteiger partial charge on any atom is -0.463 e. The zero-order valence-corrected chi connectivity index (χ0v) is 3.36. The number of carboxylic acid groups (broad SMARTS) is 1. The Kier molecular flexibility index (Phi) is 1.67. The fraction of sp³-hybridized carbons (Fsp3) is 0.500. The molecule has 0 rings (SSSR count). The van der Waals surface area contributed by atoms with Gasteiger partial charge in [-0.25, -0.2) is 0 Å². The summed E-state index contributed by atoms with van der Waals surface area (Å²) < 4.78 is 34.2. The molecule has 0 radical (unpaired) electrons. The van der Waals surface area contributed by atoms with Crippen molar-refractivity contribution >= 4 is 6.16 Å². The van der Waals surface area contributed by atoms with Crippen molar-refractivity contribution in [3.8, 4) is 0 Å². The number of hydrogen-bond donors (Lipinski definition) is 0. The van der Waals surface area contributed by atoms with Gasteiger partial charge < -0.3 is 14.6 Å². The Bertz CT molecular complexity index is 95.2. The lowest BCUT2D eigenvalue weighted by Crippen LogP contribution is -2.30. The van der Waals surface area contributed by atoms with Gasteiger partial charge in [0.1, 0.15) is 0 Å². The van der Waals surface area contributed by atoms with Crippen LogP contribution in [-0.2, 0) is 4.74 Å². The van der Waals surface area contributed by atoms with Crippen LogP contribution in [0.25, 0.3) is 0 Å². The van der Waals surface area contributed by atoms with E-state index in [9.17, 15) is 13.2 Å². The van der Waals surface area contributed by atoms with Crippen LogP contribution in [0.4, 0.5) is 18.0 Å². The first kappa shape index (κ1) is 7.06. The van der Waals surface area contributed by atoms with Crippen LogP contribution in [-0.4, -0.2) is 12.5 Å². The van der Waals surface area contributed by atoms with Gasteiger partial charge in [-0.3, -0.25) is 0 Å². The molecule has 0 heterocycles. The Morgan fingerprint density at radius 2 is 1.88 bits per heavy atom. The van der Waals surface area contributed by atoms with Crippen LogP contribution in [0.15, 0.2) is 0 Å². The van der Waals surface area contributed by atoms with Crippen molar-refractivity contribution in [3.63, 3.8) is 0 Å². The van der Waals surface area contributed by atoms with Crippen molar-refractivity contribution in [2.45, 2.75) is 6.36 Å². The van der Waals surface area contributed by atoms with Crippen LogP contribution < -0.4 is 5.11 Å². The van der Waals surface area contributed by atoms with E-state index >= 15 is 0 Å². The molecule has 0 aromatic rings. The lowest BCUT2D eigenvalue weighted by molar-refractivity contribution is -0.363. The van der Waals surface area contributed by atoms with Gasteiger partial charge >= 0.3 is 6.36 Å². The molecule has 0 aliphatic heterocycles. The average Bonchev–Trinajstić information content (AvgIpc) is 1.21. The number of carbonyl (C=O) groups excluding carboxylic acids is 1. The van der Waals surface area contributed by atoms with Crippen molar-refractivity contribution in [1.82, 2.24) is 0 Å². The molecule has 0 bridgehead atoms. The highest BCUT2D eigenvalue weighted by Crippen LogP contribution is 2.14. The predicted octanol–water partition coefficient (Wildman–Crippen LogP) is -0.134. The molecule has 0 N–H and O–H groups in total. The summed E-state index contributed by atoms with van der Waals surface area (Å²) in [5, 5.41) is 8.96. The molecule has 48 valence electrons. The minimum atomic E-state index is -5.14. The maximum absolute atomic E-state index is 10.7. The first-order valence-electron chi connectivity index (χ1n) is 1.38. The van der Waals surface area contributed by atoms with Crippen LogP contribution in [0.5, 0.6) is 0 Å². The summed E-state index contributed by atoms with van der Waals surface area (Å²) in [6.45, 7) is 0. The molecule has 6 heteroatoms. The van der Waals surface area contributed by atoms with Crippen LogP contribution in [0.3, 0.4) is 0 Å². The lowest BCUT2D eigenvalue weighted by atomic mass is 11.2. The third-order valence-corrected chi connectivity index (χ3v) is 0.199. The van der Waals surface area contributed by atoms with Crippen molar-refractivity contribution < 1.29 is 27.8 Å². The SMILES string of the molecule is O=C([O-])OC(F)(F)F. The Morgan fingerprint density at radius 1 is 1.50 bits per heavy atom. The standard InChI is InChI=1S/C2HF3O3/c3-2(4,5)8-1(6)7/h(H,6,7)/p-1. The molecule has 0 saturated heterocycles. The molecular formula is C2F3O3-. The Morgan fingerprint density at radius 3 is 1.88 bits per heavy atom. The molecule has 0 atom stereocenters. The summed E-state index contributed by atoms with van der Waals surface area (Å²) in [4.78, 5) is 8.96. The summed E-state index contributed by atoms with van der Waals surface area (Å²) in [5.74, 6) is 0. The Labute approximate surface area is 41.7 Å². The second-order valence-electron chi connectivity index (χ2n) is 0.798. The molecule has 0 aliphatic carbocycles. The van der Waals surface area contributed by atoms with E-state index in [1.165, 1.54) is 0 Å². The summed E-state index contributed by atoms with van der Waals surface area (Å²) in [6.07, 6.45) is -7.74. The van der Waals surface area contributed by atoms with Gasteiger partial charge in [0.2, 0.25) is 0 Å². The van der Waals surface area contributed by atoms with Gasteiger partial charge in [0, 0.05) is 0 Å². The highest BCUT2D eigenvalue weighted by atomic mass is 19.4. The molecule has 0 saturated carbocycles. The van der Waals surface area contributed by atoms with E-state index in [2.05, 4.69) is 4.74 Å². The second kappa shape index (κ2) is 1.89. The monoisotopic (exact) mass is 129 g/mol. The first-order chi connectivity index (χ1) is 3.42. The molecule has 0 aliphatic rings. The zero-order chi connectivity index (χ0) is 6.78. The van der Waals surface area contributed by atoms with Gasteiger partial charge in [0.25, 0.3) is 6.16 Å². The third kappa shape index (κ3) is 5.06. The van der Waals surface area contributed by atoms with Gasteiger partial charge in [-0.05, 0) is 0 Å². The molecule has 0 fully saturated rings. The van der Waals surface area contributed by atoms with Gasteiger partial charge in [-0.2, -0.15) is 0 Å². The lowest BCUT2D eigenvalue weighted by Gasteiger charge is -2.09. The van der Waals surface area contributed by atoms with Crippen LogP contribution in [0.1, 0.15) is 0 Å². The number of halogens is 3. The smallest absolute Gasteiger partial charge is 0.463 e. The van der Waals surface area contributed by atoms with E-state index in [0.29, 0.717) is 0 Å².